The van der Waals surface area contributed by atoms with Crippen LogP contribution in [0.1, 0.15) is 34.5 Å². The maximum atomic E-state index is 13.2. The maximum Gasteiger partial charge on any atom is 0.256 e. The summed E-state index contributed by atoms with van der Waals surface area (Å²) in [5.74, 6) is 0.135. The number of aromatic amines is 1. The van der Waals surface area contributed by atoms with Crippen molar-refractivity contribution in [1.82, 2.24) is 19.7 Å². The fourth-order valence-electron chi connectivity index (χ4n) is 3.77. The summed E-state index contributed by atoms with van der Waals surface area (Å²) in [5.41, 5.74) is 3.94. The predicted octanol–water partition coefficient (Wildman–Crippen LogP) is 3.29. The third-order valence-corrected chi connectivity index (χ3v) is 4.91. The summed E-state index contributed by atoms with van der Waals surface area (Å²) in [4.78, 5) is 18.6. The molecule has 4 rings (SSSR count). The number of nitrogens with zero attached hydrogens (tertiary/aromatic N) is 3. The van der Waals surface area contributed by atoms with Gasteiger partial charge in [-0.25, -0.2) is 0 Å². The molecule has 0 spiro atoms. The third kappa shape index (κ3) is 2.50. The number of aryl methyl sites for hydroxylation is 2. The number of amides is 1. The fourth-order valence-corrected chi connectivity index (χ4v) is 3.77. The van der Waals surface area contributed by atoms with E-state index in [9.17, 15) is 4.79 Å². The van der Waals surface area contributed by atoms with Crippen LogP contribution >= 0.6 is 0 Å². The molecular formula is C19H22N4O. The molecule has 0 aliphatic carbocycles. The van der Waals surface area contributed by atoms with Crippen molar-refractivity contribution in [3.63, 3.8) is 0 Å². The second-order valence-electron chi connectivity index (χ2n) is 6.70. The van der Waals surface area contributed by atoms with E-state index in [1.807, 2.05) is 60.1 Å². The Balaban J connectivity index is 1.63. The Labute approximate surface area is 141 Å². The lowest BCUT2D eigenvalue weighted by atomic mass is 10.1. The Kier molecular flexibility index (Phi) is 3.63. The van der Waals surface area contributed by atoms with Crippen molar-refractivity contribution in [2.24, 2.45) is 0 Å². The van der Waals surface area contributed by atoms with Crippen LogP contribution in [0.5, 0.6) is 0 Å². The van der Waals surface area contributed by atoms with Gasteiger partial charge in [-0.2, -0.15) is 5.10 Å². The SMILES string of the molecule is Cc1cnn(CC2CCCN2C(=O)c2c(C)[nH]c3ccccc23)c1. The highest BCUT2D eigenvalue weighted by Gasteiger charge is 2.31. The number of para-hydroxylation sites is 1. The fraction of sp³-hybridized carbons (Fsp3) is 0.368. The molecule has 5 nitrogen and oxygen atoms in total. The molecule has 1 saturated heterocycles. The zero-order chi connectivity index (χ0) is 16.7. The lowest BCUT2D eigenvalue weighted by Gasteiger charge is -2.25. The first kappa shape index (κ1) is 15.0. The van der Waals surface area contributed by atoms with Crippen LogP contribution in [0.25, 0.3) is 10.9 Å². The van der Waals surface area contributed by atoms with Crippen molar-refractivity contribution < 1.29 is 4.79 Å². The van der Waals surface area contributed by atoms with Crippen molar-refractivity contribution in [3.05, 3.63) is 53.5 Å². The van der Waals surface area contributed by atoms with Crippen LogP contribution < -0.4 is 0 Å². The predicted molar refractivity (Wildman–Crippen MR) is 94.1 cm³/mol. The zero-order valence-electron chi connectivity index (χ0n) is 14.1. The zero-order valence-corrected chi connectivity index (χ0v) is 14.1. The van der Waals surface area contributed by atoms with Gasteiger partial charge in [0.2, 0.25) is 0 Å². The van der Waals surface area contributed by atoms with Gasteiger partial charge in [0.15, 0.2) is 0 Å². The first-order valence-corrected chi connectivity index (χ1v) is 8.51. The molecule has 3 heterocycles. The summed E-state index contributed by atoms with van der Waals surface area (Å²) in [6.07, 6.45) is 5.99. The van der Waals surface area contributed by atoms with Gasteiger partial charge in [-0.15, -0.1) is 0 Å². The van der Waals surface area contributed by atoms with Crippen molar-refractivity contribution >= 4 is 16.8 Å². The summed E-state index contributed by atoms with van der Waals surface area (Å²) in [5, 5.41) is 5.39. The topological polar surface area (TPSA) is 53.9 Å². The van der Waals surface area contributed by atoms with Crippen molar-refractivity contribution in [2.75, 3.05) is 6.54 Å². The maximum absolute atomic E-state index is 13.2. The molecule has 5 heteroatoms. The Hall–Kier alpha value is -2.56. The van der Waals surface area contributed by atoms with E-state index in [4.69, 9.17) is 0 Å². The van der Waals surface area contributed by atoms with E-state index in [0.717, 1.165) is 53.7 Å². The molecule has 24 heavy (non-hydrogen) atoms. The number of H-pyrrole nitrogens is 1. The first-order valence-electron chi connectivity index (χ1n) is 8.51. The molecule has 1 fully saturated rings. The van der Waals surface area contributed by atoms with Gasteiger partial charge in [0.25, 0.3) is 5.91 Å². The van der Waals surface area contributed by atoms with Crippen molar-refractivity contribution in [2.45, 2.75) is 39.3 Å². The lowest BCUT2D eigenvalue weighted by Crippen LogP contribution is -2.38. The number of carbonyl (C=O) groups is 1. The minimum atomic E-state index is 0.135. The summed E-state index contributed by atoms with van der Waals surface area (Å²) < 4.78 is 1.95. The minimum absolute atomic E-state index is 0.135. The van der Waals surface area contributed by atoms with Gasteiger partial charge < -0.3 is 9.88 Å². The Morgan fingerprint density at radius 1 is 1.33 bits per heavy atom. The van der Waals surface area contributed by atoms with E-state index in [2.05, 4.69) is 10.1 Å². The molecular weight excluding hydrogens is 300 g/mol. The van der Waals surface area contributed by atoms with Crippen LogP contribution in [-0.2, 0) is 6.54 Å². The Morgan fingerprint density at radius 2 is 2.17 bits per heavy atom. The van der Waals surface area contributed by atoms with Crippen LogP contribution in [0.3, 0.4) is 0 Å². The van der Waals surface area contributed by atoms with E-state index in [1.165, 1.54) is 0 Å². The van der Waals surface area contributed by atoms with E-state index in [0.29, 0.717) is 0 Å². The molecule has 1 amide bonds. The minimum Gasteiger partial charge on any atom is -0.358 e. The Bertz CT molecular complexity index is 892. The molecule has 1 aliphatic heterocycles. The summed E-state index contributed by atoms with van der Waals surface area (Å²) in [6.45, 7) is 5.61. The molecule has 124 valence electrons. The lowest BCUT2D eigenvalue weighted by molar-refractivity contribution is 0.0723. The standard InChI is InChI=1S/C19H22N4O/c1-13-10-20-22(11-13)12-15-6-5-9-23(15)19(24)18-14(2)21-17-8-4-3-7-16(17)18/h3-4,7-8,10-11,15,21H,5-6,9,12H2,1-2H3. The highest BCUT2D eigenvalue weighted by molar-refractivity contribution is 6.08. The molecule has 0 saturated carbocycles. The number of benzene rings is 1. The second-order valence-corrected chi connectivity index (χ2v) is 6.70. The molecule has 0 radical (unpaired) electrons. The Morgan fingerprint density at radius 3 is 2.96 bits per heavy atom. The summed E-state index contributed by atoms with van der Waals surface area (Å²) in [6, 6.07) is 8.23. The molecule has 1 unspecified atom stereocenters. The largest absolute Gasteiger partial charge is 0.358 e. The van der Waals surface area contributed by atoms with Gasteiger partial charge in [0.05, 0.1) is 24.3 Å². The van der Waals surface area contributed by atoms with Gasteiger partial charge in [-0.1, -0.05) is 18.2 Å². The highest BCUT2D eigenvalue weighted by atomic mass is 16.2. The van der Waals surface area contributed by atoms with E-state index in [-0.39, 0.29) is 11.9 Å². The number of nitrogens with one attached hydrogen (secondary N) is 1. The molecule has 1 N–H and O–H groups in total. The molecule has 3 aromatic rings. The quantitative estimate of drug-likeness (QED) is 0.804. The molecule has 0 bridgehead atoms. The van der Waals surface area contributed by atoms with Crippen LogP contribution in [-0.4, -0.2) is 38.2 Å². The number of likely N-dealkylation sites (tertiary alicyclic amines) is 1. The number of aromatic nitrogens is 3. The number of hydrogen-bond donors (Lipinski definition) is 1. The molecule has 2 aromatic heterocycles. The van der Waals surface area contributed by atoms with Gasteiger partial charge in [-0.05, 0) is 38.3 Å². The van der Waals surface area contributed by atoms with Crippen LogP contribution in [0.15, 0.2) is 36.7 Å². The number of hydrogen-bond acceptors (Lipinski definition) is 2. The molecule has 1 atom stereocenters. The van der Waals surface area contributed by atoms with Gasteiger partial charge in [0, 0.05) is 29.3 Å². The number of rotatable bonds is 3. The average Bonchev–Trinajstić information content (AvgIpc) is 3.25. The summed E-state index contributed by atoms with van der Waals surface area (Å²) >= 11 is 0. The monoisotopic (exact) mass is 322 g/mol. The van der Waals surface area contributed by atoms with E-state index in [1.54, 1.807) is 0 Å². The van der Waals surface area contributed by atoms with Gasteiger partial charge in [-0.3, -0.25) is 9.48 Å². The smallest absolute Gasteiger partial charge is 0.256 e. The van der Waals surface area contributed by atoms with Crippen molar-refractivity contribution in [3.8, 4) is 0 Å². The van der Waals surface area contributed by atoms with Crippen LogP contribution in [0.4, 0.5) is 0 Å². The average molecular weight is 322 g/mol. The molecule has 1 aromatic carbocycles. The highest BCUT2D eigenvalue weighted by Crippen LogP contribution is 2.27. The van der Waals surface area contributed by atoms with Gasteiger partial charge in [0.1, 0.15) is 0 Å². The van der Waals surface area contributed by atoms with Crippen LogP contribution in [0.2, 0.25) is 0 Å². The van der Waals surface area contributed by atoms with E-state index >= 15 is 0 Å². The third-order valence-electron chi connectivity index (χ3n) is 4.91. The first-order chi connectivity index (χ1) is 11.6. The summed E-state index contributed by atoms with van der Waals surface area (Å²) in [7, 11) is 0. The number of fused-ring (bicyclic) bond motifs is 1. The second kappa shape index (κ2) is 5.82. The van der Waals surface area contributed by atoms with Crippen LogP contribution in [0, 0.1) is 13.8 Å². The van der Waals surface area contributed by atoms with E-state index < -0.39 is 0 Å². The van der Waals surface area contributed by atoms with Crippen molar-refractivity contribution in [1.29, 1.82) is 0 Å². The number of carbonyl (C=O) groups excluding carboxylic acids is 1. The normalized spacial score (nSPS) is 17.8. The van der Waals surface area contributed by atoms with Gasteiger partial charge >= 0.3 is 0 Å². The molecule has 1 aliphatic rings.